The Morgan fingerprint density at radius 1 is 0.857 bits per heavy atom. The van der Waals surface area contributed by atoms with E-state index in [2.05, 4.69) is 48.5 Å². The second kappa shape index (κ2) is 6.48. The Hall–Kier alpha value is 0. The van der Waals surface area contributed by atoms with Crippen LogP contribution in [0.25, 0.3) is 0 Å². The van der Waals surface area contributed by atoms with Crippen molar-refractivity contribution in [3.05, 3.63) is 0 Å². The van der Waals surface area contributed by atoms with E-state index < -0.39 is 0 Å². The highest BCUT2D eigenvalue weighted by Gasteiger charge is 2.24. The van der Waals surface area contributed by atoms with Crippen molar-refractivity contribution in [1.29, 1.82) is 0 Å². The molecule has 0 saturated carbocycles. The molecule has 0 aliphatic carbocycles. The molecule has 86 valence electrons. The lowest BCUT2D eigenvalue weighted by Gasteiger charge is -2.32. The van der Waals surface area contributed by atoms with Crippen LogP contribution in [0.5, 0.6) is 0 Å². The van der Waals surface area contributed by atoms with E-state index in [1.54, 1.807) is 0 Å². The zero-order chi connectivity index (χ0) is 11.3. The van der Waals surface area contributed by atoms with Gasteiger partial charge in [0.25, 0.3) is 0 Å². The smallest absolute Gasteiger partial charge is 0.0363 e. The SMILES string of the molecule is CCC(C(C)CC(C)C)C(C)C(C)C. The van der Waals surface area contributed by atoms with Gasteiger partial charge in [-0.25, -0.2) is 0 Å². The lowest BCUT2D eigenvalue weighted by Crippen LogP contribution is -2.24. The minimum atomic E-state index is 0.828. The summed E-state index contributed by atoms with van der Waals surface area (Å²) in [5.74, 6) is 4.34. The van der Waals surface area contributed by atoms with Gasteiger partial charge >= 0.3 is 0 Å². The van der Waals surface area contributed by atoms with Crippen molar-refractivity contribution in [1.82, 2.24) is 0 Å². The van der Waals surface area contributed by atoms with Crippen molar-refractivity contribution >= 4 is 0 Å². The Balaban J connectivity index is 4.24. The molecule has 0 aromatic heterocycles. The molecule has 0 fully saturated rings. The highest BCUT2D eigenvalue weighted by Crippen LogP contribution is 2.32. The molecular formula is C14H30. The normalized spacial score (nSPS) is 18.6. The fraction of sp³-hybridized carbons (Fsp3) is 1.00. The van der Waals surface area contributed by atoms with Crippen molar-refractivity contribution in [2.75, 3.05) is 0 Å². The molecule has 0 N–H and O–H groups in total. The Kier molecular flexibility index (Phi) is 6.48. The first-order chi connectivity index (χ1) is 6.40. The second-order valence-corrected chi connectivity index (χ2v) is 5.78. The van der Waals surface area contributed by atoms with Crippen LogP contribution < -0.4 is 0 Å². The van der Waals surface area contributed by atoms with E-state index in [9.17, 15) is 0 Å². The van der Waals surface area contributed by atoms with Gasteiger partial charge in [-0.2, -0.15) is 0 Å². The molecule has 0 heteroatoms. The molecule has 0 spiro atoms. The summed E-state index contributed by atoms with van der Waals surface area (Å²) in [7, 11) is 0. The molecule has 0 bridgehead atoms. The van der Waals surface area contributed by atoms with Crippen molar-refractivity contribution in [3.63, 3.8) is 0 Å². The van der Waals surface area contributed by atoms with Crippen molar-refractivity contribution in [3.8, 4) is 0 Å². The predicted octanol–water partition coefficient (Wildman–Crippen LogP) is 4.99. The quantitative estimate of drug-likeness (QED) is 0.564. The van der Waals surface area contributed by atoms with Crippen LogP contribution in [0.4, 0.5) is 0 Å². The zero-order valence-corrected chi connectivity index (χ0v) is 11.3. The molecule has 3 unspecified atom stereocenters. The molecule has 0 nitrogen and oxygen atoms in total. The molecule has 3 atom stereocenters. The fourth-order valence-corrected chi connectivity index (χ4v) is 2.71. The first-order valence-corrected chi connectivity index (χ1v) is 6.40. The monoisotopic (exact) mass is 198 g/mol. The maximum Gasteiger partial charge on any atom is -0.0363 e. The Morgan fingerprint density at radius 2 is 1.36 bits per heavy atom. The van der Waals surface area contributed by atoms with Gasteiger partial charge in [0.15, 0.2) is 0 Å². The van der Waals surface area contributed by atoms with Crippen LogP contribution in [0.15, 0.2) is 0 Å². The van der Waals surface area contributed by atoms with Crippen LogP contribution in [-0.2, 0) is 0 Å². The van der Waals surface area contributed by atoms with Crippen LogP contribution in [0.1, 0.15) is 61.3 Å². The summed E-state index contributed by atoms with van der Waals surface area (Å²) >= 11 is 0. The van der Waals surface area contributed by atoms with Crippen molar-refractivity contribution < 1.29 is 0 Å². The zero-order valence-electron chi connectivity index (χ0n) is 11.3. The van der Waals surface area contributed by atoms with Gasteiger partial charge in [0.05, 0.1) is 0 Å². The standard InChI is InChI=1S/C14H30/c1-8-14(13(7)11(4)5)12(6)9-10(2)3/h10-14H,8-9H2,1-7H3. The molecule has 0 heterocycles. The van der Waals surface area contributed by atoms with Gasteiger partial charge in [-0.1, -0.05) is 54.9 Å². The Morgan fingerprint density at radius 3 is 1.64 bits per heavy atom. The van der Waals surface area contributed by atoms with E-state index >= 15 is 0 Å². The average Bonchev–Trinajstić information content (AvgIpc) is 2.03. The Labute approximate surface area is 91.5 Å². The van der Waals surface area contributed by atoms with E-state index in [-0.39, 0.29) is 0 Å². The summed E-state index contributed by atoms with van der Waals surface area (Å²) in [6.45, 7) is 16.6. The maximum absolute atomic E-state index is 2.44. The van der Waals surface area contributed by atoms with Crippen LogP contribution >= 0.6 is 0 Å². The third-order valence-corrected chi connectivity index (χ3v) is 3.77. The van der Waals surface area contributed by atoms with Gasteiger partial charge in [0.1, 0.15) is 0 Å². The summed E-state index contributed by atoms with van der Waals surface area (Å²) in [6.07, 6.45) is 2.72. The predicted molar refractivity (Wildman–Crippen MR) is 66.4 cm³/mol. The minimum absolute atomic E-state index is 0.828. The first-order valence-electron chi connectivity index (χ1n) is 6.40. The lowest BCUT2D eigenvalue weighted by atomic mass is 9.74. The molecular weight excluding hydrogens is 168 g/mol. The molecule has 0 aliphatic heterocycles. The fourth-order valence-electron chi connectivity index (χ4n) is 2.71. The topological polar surface area (TPSA) is 0 Å². The molecule has 0 rings (SSSR count). The first kappa shape index (κ1) is 14.0. The number of rotatable bonds is 6. The van der Waals surface area contributed by atoms with Gasteiger partial charge < -0.3 is 0 Å². The van der Waals surface area contributed by atoms with E-state index in [1.165, 1.54) is 12.8 Å². The largest absolute Gasteiger partial charge is 0.0651 e. The van der Waals surface area contributed by atoms with Gasteiger partial charge in [-0.15, -0.1) is 0 Å². The van der Waals surface area contributed by atoms with E-state index in [0.717, 1.165) is 29.6 Å². The molecule has 0 amide bonds. The third kappa shape index (κ3) is 4.48. The molecule has 0 radical (unpaired) electrons. The molecule has 0 saturated heterocycles. The van der Waals surface area contributed by atoms with Gasteiger partial charge in [-0.3, -0.25) is 0 Å². The summed E-state index contributed by atoms with van der Waals surface area (Å²) < 4.78 is 0. The summed E-state index contributed by atoms with van der Waals surface area (Å²) in [6, 6.07) is 0. The Bertz CT molecular complexity index is 135. The van der Waals surface area contributed by atoms with Gasteiger partial charge in [0, 0.05) is 0 Å². The van der Waals surface area contributed by atoms with Gasteiger partial charge in [0.2, 0.25) is 0 Å². The van der Waals surface area contributed by atoms with Crippen LogP contribution in [0, 0.1) is 29.6 Å². The van der Waals surface area contributed by atoms with Gasteiger partial charge in [-0.05, 0) is 36.0 Å². The lowest BCUT2D eigenvalue weighted by molar-refractivity contribution is 0.178. The molecule has 14 heavy (non-hydrogen) atoms. The van der Waals surface area contributed by atoms with Crippen LogP contribution in [-0.4, -0.2) is 0 Å². The minimum Gasteiger partial charge on any atom is -0.0651 e. The summed E-state index contributed by atoms with van der Waals surface area (Å²) in [5, 5.41) is 0. The highest BCUT2D eigenvalue weighted by molar-refractivity contribution is 4.74. The maximum atomic E-state index is 2.44. The van der Waals surface area contributed by atoms with E-state index in [0.29, 0.717) is 0 Å². The van der Waals surface area contributed by atoms with Crippen LogP contribution in [0.3, 0.4) is 0 Å². The number of hydrogen-bond donors (Lipinski definition) is 0. The van der Waals surface area contributed by atoms with E-state index in [4.69, 9.17) is 0 Å². The average molecular weight is 198 g/mol. The summed E-state index contributed by atoms with van der Waals surface area (Å²) in [5.41, 5.74) is 0. The van der Waals surface area contributed by atoms with E-state index in [1.807, 2.05) is 0 Å². The molecule has 0 aromatic carbocycles. The number of hydrogen-bond acceptors (Lipinski definition) is 0. The highest BCUT2D eigenvalue weighted by atomic mass is 14.3. The summed E-state index contributed by atoms with van der Waals surface area (Å²) in [4.78, 5) is 0. The van der Waals surface area contributed by atoms with Crippen LogP contribution in [0.2, 0.25) is 0 Å². The van der Waals surface area contributed by atoms with Crippen molar-refractivity contribution in [2.24, 2.45) is 29.6 Å². The van der Waals surface area contributed by atoms with Crippen molar-refractivity contribution in [2.45, 2.75) is 61.3 Å². The third-order valence-electron chi connectivity index (χ3n) is 3.77. The molecule has 0 aromatic rings. The molecule has 0 aliphatic rings. The second-order valence-electron chi connectivity index (χ2n) is 5.78.